The first-order chi connectivity index (χ1) is 30.8. The van der Waals surface area contributed by atoms with Gasteiger partial charge in [-0.05, 0) is 53.9 Å². The van der Waals surface area contributed by atoms with Crippen molar-refractivity contribution < 1.29 is 4.42 Å². The number of hydrogen-bond acceptors (Lipinski definition) is 5. The van der Waals surface area contributed by atoms with Crippen LogP contribution < -0.4 is 0 Å². The Morgan fingerprint density at radius 1 is 0.387 bits per heavy atom. The second-order valence-electron chi connectivity index (χ2n) is 16.6. The maximum Gasteiger partial charge on any atom is 0.167 e. The zero-order chi connectivity index (χ0) is 39.9. The van der Waals surface area contributed by atoms with Crippen LogP contribution in [0, 0.1) is 0 Å². The Balaban J connectivity index is 0.990. The highest BCUT2D eigenvalue weighted by Crippen LogP contribution is 2.53. The van der Waals surface area contributed by atoms with Crippen LogP contribution in [-0.2, 0) is 0 Å². The molecular formula is C55H27N5OS. The normalized spacial score (nSPS) is 12.8. The number of rotatable bonds is 4. The molecule has 0 N–H and O–H groups in total. The Kier molecular flexibility index (Phi) is 5.62. The van der Waals surface area contributed by atoms with Gasteiger partial charge in [-0.15, -0.1) is 11.3 Å². The molecule has 0 spiro atoms. The Bertz CT molecular complexity index is 4510. The average Bonchev–Trinajstić information content (AvgIpc) is 4.12. The minimum atomic E-state index is 0.568. The summed E-state index contributed by atoms with van der Waals surface area (Å²) in [5, 5.41) is 15.0. The molecule has 0 atom stereocenters. The Morgan fingerprint density at radius 2 is 1.00 bits per heavy atom. The minimum Gasteiger partial charge on any atom is -0.455 e. The fraction of sp³-hybridized carbons (Fsp3) is 0. The quantitative estimate of drug-likeness (QED) is 0.178. The highest BCUT2D eigenvalue weighted by Gasteiger charge is 2.29. The standard InChI is InChI=1S/C55H27N5OS/c1-2-10-28(11-3-1)53-56-54(58-55(57-53)38-18-9-17-36-31-14-6-7-19-42(31)61-52(36)38)37-21-23-39(30-13-5-4-12-29(30)37)59-40-25-27-43-47-45(40)46-41(59)24-20-34-32-15-8-16-33-35-22-26-44(62-43)48(47)51(35)60(49(32)33)50(34)46/h1-27H. The molecule has 9 aromatic carbocycles. The maximum absolute atomic E-state index is 6.52. The summed E-state index contributed by atoms with van der Waals surface area (Å²) in [7, 11) is 0. The van der Waals surface area contributed by atoms with E-state index in [9.17, 15) is 0 Å². The van der Waals surface area contributed by atoms with Gasteiger partial charge in [0, 0.05) is 79.8 Å². The Labute approximate surface area is 354 Å². The summed E-state index contributed by atoms with van der Waals surface area (Å²) in [5.74, 6) is 1.78. The molecule has 0 amide bonds. The first-order valence-electron chi connectivity index (χ1n) is 20.9. The summed E-state index contributed by atoms with van der Waals surface area (Å²) < 4.78 is 14.3. The molecule has 284 valence electrons. The van der Waals surface area contributed by atoms with Gasteiger partial charge in [0.1, 0.15) is 11.2 Å². The number of fused-ring (bicyclic) bond motifs is 6. The zero-order valence-corrected chi connectivity index (χ0v) is 33.5. The summed E-state index contributed by atoms with van der Waals surface area (Å²) >= 11 is 1.91. The van der Waals surface area contributed by atoms with Crippen LogP contribution in [0.1, 0.15) is 0 Å². The lowest BCUT2D eigenvalue weighted by Gasteiger charge is -2.15. The van der Waals surface area contributed by atoms with Crippen LogP contribution in [0.3, 0.4) is 0 Å². The molecule has 0 aliphatic carbocycles. The van der Waals surface area contributed by atoms with E-state index in [2.05, 4.69) is 130 Å². The van der Waals surface area contributed by atoms with Crippen molar-refractivity contribution in [3.05, 3.63) is 164 Å². The van der Waals surface area contributed by atoms with E-state index in [1.807, 2.05) is 53.8 Å². The van der Waals surface area contributed by atoms with Crippen molar-refractivity contribution in [2.24, 2.45) is 0 Å². The third kappa shape index (κ3) is 3.72. The lowest BCUT2D eigenvalue weighted by atomic mass is 10.0. The van der Waals surface area contributed by atoms with Crippen molar-refractivity contribution in [1.29, 1.82) is 0 Å². The van der Waals surface area contributed by atoms with Crippen molar-refractivity contribution in [3.8, 4) is 39.9 Å². The van der Waals surface area contributed by atoms with E-state index in [1.54, 1.807) is 0 Å². The summed E-state index contributed by atoms with van der Waals surface area (Å²) in [4.78, 5) is 15.6. The largest absolute Gasteiger partial charge is 0.455 e. The van der Waals surface area contributed by atoms with E-state index in [0.29, 0.717) is 17.5 Å². The van der Waals surface area contributed by atoms with Crippen LogP contribution in [0.2, 0.25) is 0 Å². The second kappa shape index (κ2) is 11.0. The van der Waals surface area contributed by atoms with Crippen LogP contribution in [-0.4, -0.2) is 23.9 Å². The third-order valence-corrected chi connectivity index (χ3v) is 14.7. The Morgan fingerprint density at radius 3 is 1.87 bits per heavy atom. The van der Waals surface area contributed by atoms with Crippen LogP contribution in [0.25, 0.3) is 153 Å². The van der Waals surface area contributed by atoms with Crippen LogP contribution in [0.4, 0.5) is 0 Å². The highest BCUT2D eigenvalue weighted by molar-refractivity contribution is 7.26. The van der Waals surface area contributed by atoms with E-state index in [4.69, 9.17) is 19.4 Å². The summed E-state index contributed by atoms with van der Waals surface area (Å²) in [6.07, 6.45) is 0. The maximum atomic E-state index is 6.52. The lowest BCUT2D eigenvalue weighted by molar-refractivity contribution is 0.669. The molecule has 7 aromatic heterocycles. The number of para-hydroxylation sites is 3. The predicted octanol–water partition coefficient (Wildman–Crippen LogP) is 14.9. The summed E-state index contributed by atoms with van der Waals surface area (Å²) in [5.41, 5.74) is 11.8. The van der Waals surface area contributed by atoms with E-state index in [-0.39, 0.29) is 0 Å². The smallest absolute Gasteiger partial charge is 0.167 e. The SMILES string of the molecule is c1ccc(-c2nc(-c3ccc(-n4c5ccc6sc7ccc8c9cccc%10c%11ccc4c4c5c6c7c8n(c9%10)c%114)c4ccccc34)nc(-c3cccc4c3oc3ccccc34)n2)cc1. The van der Waals surface area contributed by atoms with Crippen molar-refractivity contribution in [2.45, 2.75) is 0 Å². The molecule has 0 bridgehead atoms. The molecule has 0 saturated heterocycles. The van der Waals surface area contributed by atoms with Gasteiger partial charge in [0.15, 0.2) is 17.5 Å². The monoisotopic (exact) mass is 805 g/mol. The zero-order valence-electron chi connectivity index (χ0n) is 32.6. The number of thiophene rings is 1. The van der Waals surface area contributed by atoms with Gasteiger partial charge in [-0.3, -0.25) is 0 Å². The molecule has 0 aliphatic heterocycles. The average molecular weight is 806 g/mol. The van der Waals surface area contributed by atoms with E-state index in [1.165, 1.54) is 80.1 Å². The van der Waals surface area contributed by atoms with Crippen LogP contribution in [0.15, 0.2) is 168 Å². The van der Waals surface area contributed by atoms with Gasteiger partial charge in [-0.1, -0.05) is 115 Å². The fourth-order valence-corrected chi connectivity index (χ4v) is 12.3. The van der Waals surface area contributed by atoms with Crippen LogP contribution in [0.5, 0.6) is 0 Å². The van der Waals surface area contributed by atoms with Crippen molar-refractivity contribution in [2.75, 3.05) is 0 Å². The minimum absolute atomic E-state index is 0.568. The number of aromatic nitrogens is 5. The summed E-state index contributed by atoms with van der Waals surface area (Å²) in [6.45, 7) is 0. The fourth-order valence-electron chi connectivity index (χ4n) is 11.1. The van der Waals surface area contributed by atoms with Gasteiger partial charge in [-0.2, -0.15) is 0 Å². The number of furan rings is 1. The predicted molar refractivity (Wildman–Crippen MR) is 256 cm³/mol. The molecule has 7 heteroatoms. The van der Waals surface area contributed by atoms with Crippen molar-refractivity contribution in [3.63, 3.8) is 0 Å². The number of hydrogen-bond donors (Lipinski definition) is 0. The first-order valence-corrected chi connectivity index (χ1v) is 21.8. The number of benzene rings is 9. The number of nitrogens with zero attached hydrogens (tertiary/aromatic N) is 5. The van der Waals surface area contributed by atoms with E-state index >= 15 is 0 Å². The molecule has 0 saturated carbocycles. The van der Waals surface area contributed by atoms with Gasteiger partial charge in [0.05, 0.1) is 38.8 Å². The molecule has 16 rings (SSSR count). The Hall–Kier alpha value is -8.13. The van der Waals surface area contributed by atoms with Gasteiger partial charge in [-0.25, -0.2) is 15.0 Å². The molecule has 16 aromatic rings. The van der Waals surface area contributed by atoms with Gasteiger partial charge >= 0.3 is 0 Å². The molecule has 0 fully saturated rings. The molecule has 0 unspecified atom stereocenters. The van der Waals surface area contributed by atoms with Crippen molar-refractivity contribution in [1.82, 2.24) is 23.9 Å². The van der Waals surface area contributed by atoms with Crippen LogP contribution >= 0.6 is 11.3 Å². The molecule has 7 heterocycles. The second-order valence-corrected chi connectivity index (χ2v) is 17.7. The highest BCUT2D eigenvalue weighted by atomic mass is 32.1. The van der Waals surface area contributed by atoms with E-state index < -0.39 is 0 Å². The van der Waals surface area contributed by atoms with Gasteiger partial charge < -0.3 is 13.4 Å². The van der Waals surface area contributed by atoms with Gasteiger partial charge in [0.2, 0.25) is 0 Å². The van der Waals surface area contributed by atoms with Gasteiger partial charge in [0.25, 0.3) is 0 Å². The third-order valence-electron chi connectivity index (χ3n) is 13.6. The van der Waals surface area contributed by atoms with Crippen molar-refractivity contribution >= 4 is 124 Å². The molecular weight excluding hydrogens is 779 g/mol. The molecule has 62 heavy (non-hydrogen) atoms. The van der Waals surface area contributed by atoms with E-state index in [0.717, 1.165) is 55.1 Å². The first kappa shape index (κ1) is 31.7. The topological polar surface area (TPSA) is 61.2 Å². The molecule has 6 nitrogen and oxygen atoms in total. The lowest BCUT2D eigenvalue weighted by Crippen LogP contribution is -2.02. The molecule has 0 radical (unpaired) electrons. The summed E-state index contributed by atoms with van der Waals surface area (Å²) in [6, 6.07) is 58.6. The molecule has 0 aliphatic rings.